The molecule has 5 aromatic rings. The van der Waals surface area contributed by atoms with E-state index in [0.717, 1.165) is 16.7 Å². The molecule has 0 heterocycles. The van der Waals surface area contributed by atoms with E-state index in [4.69, 9.17) is 19.0 Å². The fourth-order valence-corrected chi connectivity index (χ4v) is 9.96. The van der Waals surface area contributed by atoms with Crippen LogP contribution in [0.15, 0.2) is 121 Å². The third-order valence-corrected chi connectivity index (χ3v) is 13.0. The normalized spacial score (nSPS) is 14.4. The lowest BCUT2D eigenvalue weighted by Crippen LogP contribution is -2.44. The first-order chi connectivity index (χ1) is 29.7. The molecule has 0 saturated heterocycles. The van der Waals surface area contributed by atoms with E-state index in [1.54, 1.807) is 66.2 Å². The Kier molecular flexibility index (Phi) is 14.6. The summed E-state index contributed by atoms with van der Waals surface area (Å²) in [4.78, 5) is 58.8. The molecule has 0 radical (unpaired) electrons. The first kappa shape index (κ1) is 45.6. The lowest BCUT2D eigenvalue weighted by atomic mass is 9.65. The van der Waals surface area contributed by atoms with Crippen molar-refractivity contribution in [2.45, 2.75) is 83.0 Å². The number of benzene rings is 5. The molecule has 3 unspecified atom stereocenters. The molecule has 3 atom stereocenters. The number of rotatable bonds is 19. The number of nitriles is 1. The minimum Gasteiger partial charge on any atom is -0.497 e. The molecule has 5 aromatic carbocycles. The second-order valence-electron chi connectivity index (χ2n) is 15.9. The molecule has 0 aromatic heterocycles. The molecular weight excluding hydrogens is 806 g/mol. The standard InChI is InChI=1S/C49H52N3O9P/c1-32(2)52(33(3)4)62(56,57)61-60-41(15-12-28-50)30-38(51-48(55)34-18-27-44-45(29-34)47(54)43-17-11-10-16-42(43)46(44)53)31-49(35-13-8-7-9-14-35,36-19-23-39(58-5)24-20-36)37-21-25-40(59-6)26-22-37/h7-11,13-14,16-27,29,32-33,38,41H,12,15,30-31H2,1-6H3,(H,51,55)(H,56,57). The molecule has 62 heavy (non-hydrogen) atoms. The highest BCUT2D eigenvalue weighted by atomic mass is 31.2. The van der Waals surface area contributed by atoms with Crippen LogP contribution in [-0.4, -0.2) is 65.5 Å². The van der Waals surface area contributed by atoms with Gasteiger partial charge < -0.3 is 19.7 Å². The molecule has 12 nitrogen and oxygen atoms in total. The summed E-state index contributed by atoms with van der Waals surface area (Å²) in [5, 5.41) is 12.9. The van der Waals surface area contributed by atoms with Gasteiger partial charge in [0.15, 0.2) is 11.6 Å². The Morgan fingerprint density at radius 1 is 0.742 bits per heavy atom. The minimum absolute atomic E-state index is 0.0196. The zero-order valence-electron chi connectivity index (χ0n) is 35.7. The van der Waals surface area contributed by atoms with Crippen LogP contribution in [0.4, 0.5) is 0 Å². The summed E-state index contributed by atoms with van der Waals surface area (Å²) < 4.78 is 31.5. The second kappa shape index (κ2) is 19.8. The van der Waals surface area contributed by atoms with Gasteiger partial charge in [0.25, 0.3) is 5.91 Å². The Balaban J connectivity index is 1.47. The van der Waals surface area contributed by atoms with E-state index < -0.39 is 31.2 Å². The SMILES string of the molecule is COc1ccc(C(CC(CC(CCC#N)OOP(=O)(O)N(C(C)C)C(C)C)NC(=O)c2ccc3c(c2)C(=O)c2ccccc2C3=O)(c2ccccc2)c2ccc(OC)cc2)cc1. The number of hydrogen-bond donors (Lipinski definition) is 2. The maximum Gasteiger partial charge on any atom is 0.433 e. The van der Waals surface area contributed by atoms with Crippen molar-refractivity contribution in [3.05, 3.63) is 166 Å². The van der Waals surface area contributed by atoms with E-state index >= 15 is 0 Å². The average molecular weight is 858 g/mol. The van der Waals surface area contributed by atoms with Crippen molar-refractivity contribution in [2.24, 2.45) is 0 Å². The first-order valence-corrected chi connectivity index (χ1v) is 22.1. The van der Waals surface area contributed by atoms with Crippen molar-refractivity contribution in [3.8, 4) is 17.6 Å². The number of ether oxygens (including phenoxy) is 2. The van der Waals surface area contributed by atoms with Crippen molar-refractivity contribution in [1.82, 2.24) is 9.99 Å². The summed E-state index contributed by atoms with van der Waals surface area (Å²) in [5.74, 6) is 0.0770. The van der Waals surface area contributed by atoms with Gasteiger partial charge in [0.2, 0.25) is 0 Å². The maximum absolute atomic E-state index is 14.6. The molecule has 1 amide bonds. The Labute approximate surface area is 362 Å². The van der Waals surface area contributed by atoms with Crippen LogP contribution in [0.3, 0.4) is 0 Å². The van der Waals surface area contributed by atoms with Crippen molar-refractivity contribution in [1.29, 1.82) is 5.26 Å². The van der Waals surface area contributed by atoms with Crippen molar-refractivity contribution in [3.63, 3.8) is 0 Å². The number of nitrogens with zero attached hydrogens (tertiary/aromatic N) is 2. The third-order valence-electron chi connectivity index (χ3n) is 11.3. The summed E-state index contributed by atoms with van der Waals surface area (Å²) in [6.07, 6.45) is -0.616. The number of amides is 1. The maximum atomic E-state index is 14.6. The Morgan fingerprint density at radius 2 is 1.24 bits per heavy atom. The second-order valence-corrected chi connectivity index (χ2v) is 17.4. The molecule has 2 N–H and O–H groups in total. The number of fused-ring (bicyclic) bond motifs is 2. The van der Waals surface area contributed by atoms with Crippen molar-refractivity contribution >= 4 is 25.2 Å². The highest BCUT2D eigenvalue weighted by Gasteiger charge is 2.41. The topological polar surface area (TPSA) is 164 Å². The molecular formula is C49H52N3O9P. The van der Waals surface area contributed by atoms with Crippen LogP contribution in [0.2, 0.25) is 0 Å². The number of nitrogens with one attached hydrogen (secondary N) is 1. The van der Waals surface area contributed by atoms with Crippen LogP contribution >= 0.6 is 7.75 Å². The van der Waals surface area contributed by atoms with E-state index in [1.165, 1.54) is 22.9 Å². The third kappa shape index (κ3) is 9.74. The van der Waals surface area contributed by atoms with E-state index in [-0.39, 0.29) is 71.6 Å². The van der Waals surface area contributed by atoms with Crippen molar-refractivity contribution in [2.75, 3.05) is 14.2 Å². The van der Waals surface area contributed by atoms with E-state index in [2.05, 4.69) is 11.4 Å². The molecule has 322 valence electrons. The number of methoxy groups -OCH3 is 2. The predicted octanol–water partition coefficient (Wildman–Crippen LogP) is 9.23. The summed E-state index contributed by atoms with van der Waals surface area (Å²) in [6.45, 7) is 7.09. The van der Waals surface area contributed by atoms with Gasteiger partial charge in [0, 0.05) is 57.8 Å². The van der Waals surface area contributed by atoms with Gasteiger partial charge in [-0.25, -0.2) is 14.1 Å². The Morgan fingerprint density at radius 3 is 1.76 bits per heavy atom. The first-order valence-electron chi connectivity index (χ1n) is 20.6. The molecule has 0 saturated carbocycles. The van der Waals surface area contributed by atoms with Gasteiger partial charge in [-0.15, -0.1) is 4.67 Å². The fraction of sp³-hybridized carbons (Fsp3) is 0.306. The molecule has 0 aliphatic heterocycles. The number of hydrogen-bond acceptors (Lipinski definition) is 9. The van der Waals surface area contributed by atoms with Crippen molar-refractivity contribution < 1.29 is 42.9 Å². The molecule has 13 heteroatoms. The average Bonchev–Trinajstić information content (AvgIpc) is 3.28. The van der Waals surface area contributed by atoms with E-state index in [0.29, 0.717) is 17.1 Å². The van der Waals surface area contributed by atoms with Gasteiger partial charge in [-0.05, 0) is 106 Å². The summed E-state index contributed by atoms with van der Waals surface area (Å²) in [7, 11) is -1.33. The van der Waals surface area contributed by atoms with Gasteiger partial charge in [-0.3, -0.25) is 14.4 Å². The molecule has 0 fully saturated rings. The van der Waals surface area contributed by atoms with E-state index in [1.807, 2.05) is 78.9 Å². The molecule has 1 aliphatic rings. The summed E-state index contributed by atoms with van der Waals surface area (Å²) >= 11 is 0. The summed E-state index contributed by atoms with van der Waals surface area (Å²) in [6, 6.07) is 36.9. The smallest absolute Gasteiger partial charge is 0.433 e. The van der Waals surface area contributed by atoms with Gasteiger partial charge in [-0.1, -0.05) is 78.9 Å². The van der Waals surface area contributed by atoms with Crippen LogP contribution in [0.5, 0.6) is 11.5 Å². The quantitative estimate of drug-likeness (QED) is 0.0345. The predicted molar refractivity (Wildman–Crippen MR) is 235 cm³/mol. The number of carbonyl (C=O) groups excluding carboxylic acids is 3. The van der Waals surface area contributed by atoms with Gasteiger partial charge in [0.05, 0.1) is 26.4 Å². The molecule has 6 rings (SSSR count). The van der Waals surface area contributed by atoms with Gasteiger partial charge >= 0.3 is 7.75 Å². The van der Waals surface area contributed by atoms with E-state index in [9.17, 15) is 29.1 Å². The Bertz CT molecular complexity index is 2410. The molecule has 0 bridgehead atoms. The Hall–Kier alpha value is -5.93. The van der Waals surface area contributed by atoms with Crippen LogP contribution in [0, 0.1) is 11.3 Å². The summed E-state index contributed by atoms with van der Waals surface area (Å²) in [5.41, 5.74) is 2.68. The van der Waals surface area contributed by atoms with Crippen LogP contribution in [-0.2, 0) is 19.5 Å². The number of carbonyl (C=O) groups is 3. The van der Waals surface area contributed by atoms with Crippen LogP contribution in [0.25, 0.3) is 0 Å². The monoisotopic (exact) mass is 857 g/mol. The number of ketones is 2. The van der Waals surface area contributed by atoms with Crippen LogP contribution in [0.1, 0.15) is 112 Å². The molecule has 0 spiro atoms. The largest absolute Gasteiger partial charge is 0.497 e. The minimum atomic E-state index is -4.51. The zero-order valence-corrected chi connectivity index (χ0v) is 36.6. The molecule has 1 aliphatic carbocycles. The highest BCUT2D eigenvalue weighted by Crippen LogP contribution is 2.50. The highest BCUT2D eigenvalue weighted by molar-refractivity contribution is 7.50. The lowest BCUT2D eigenvalue weighted by Gasteiger charge is -2.40. The van der Waals surface area contributed by atoms with Gasteiger partial charge in [-0.2, -0.15) is 5.26 Å². The zero-order chi connectivity index (χ0) is 44.6. The lowest BCUT2D eigenvalue weighted by molar-refractivity contribution is -0.260. The van der Waals surface area contributed by atoms with Crippen LogP contribution < -0.4 is 14.8 Å². The fourth-order valence-electron chi connectivity index (χ4n) is 8.48. The van der Waals surface area contributed by atoms with Gasteiger partial charge in [0.1, 0.15) is 11.5 Å².